The van der Waals surface area contributed by atoms with Gasteiger partial charge in [0.1, 0.15) is 5.76 Å². The number of amides is 1. The highest BCUT2D eigenvalue weighted by Crippen LogP contribution is 2.16. The Bertz CT molecular complexity index is 526. The zero-order chi connectivity index (χ0) is 15.1. The number of carboxylic acids is 1. The Hall–Kier alpha value is -2.08. The molecule has 0 radical (unpaired) electrons. The first-order valence-electron chi connectivity index (χ1n) is 6.69. The third-order valence-corrected chi connectivity index (χ3v) is 3.85. The van der Waals surface area contributed by atoms with Crippen LogP contribution in [0.3, 0.4) is 0 Å². The van der Waals surface area contributed by atoms with Crippen LogP contribution in [0.5, 0.6) is 0 Å². The van der Waals surface area contributed by atoms with Crippen LogP contribution in [0.4, 0.5) is 0 Å². The Kier molecular flexibility index (Phi) is 5.57. The average molecular weight is 307 g/mol. The molecule has 0 fully saturated rings. The smallest absolute Gasteiger partial charge is 0.303 e. The fraction of sp³-hybridized carbons (Fsp3) is 0.333. The first kappa shape index (κ1) is 15.3. The molecular formula is C15H17NO4S. The third kappa shape index (κ3) is 5.07. The zero-order valence-corrected chi connectivity index (χ0v) is 12.3. The van der Waals surface area contributed by atoms with E-state index in [1.807, 2.05) is 23.6 Å². The lowest BCUT2D eigenvalue weighted by Gasteiger charge is -2.21. The van der Waals surface area contributed by atoms with E-state index in [4.69, 9.17) is 9.52 Å². The SMILES string of the molecule is O=C(O)CCCC(=O)N(Cc1ccco1)Cc1cccs1. The molecule has 112 valence electrons. The van der Waals surface area contributed by atoms with E-state index in [0.717, 1.165) is 10.6 Å². The van der Waals surface area contributed by atoms with Gasteiger partial charge in [0.05, 0.1) is 19.4 Å². The molecule has 0 aromatic carbocycles. The van der Waals surface area contributed by atoms with Crippen LogP contribution in [0.2, 0.25) is 0 Å². The summed E-state index contributed by atoms with van der Waals surface area (Å²) in [5.74, 6) is -0.210. The Morgan fingerprint density at radius 2 is 2.05 bits per heavy atom. The molecule has 0 aliphatic heterocycles. The number of carboxylic acid groups (broad SMARTS) is 1. The van der Waals surface area contributed by atoms with E-state index in [-0.39, 0.29) is 18.7 Å². The van der Waals surface area contributed by atoms with Gasteiger partial charge >= 0.3 is 5.97 Å². The monoisotopic (exact) mass is 307 g/mol. The number of aliphatic carboxylic acids is 1. The van der Waals surface area contributed by atoms with Crippen molar-refractivity contribution in [2.24, 2.45) is 0 Å². The maximum absolute atomic E-state index is 12.3. The van der Waals surface area contributed by atoms with E-state index in [1.54, 1.807) is 28.6 Å². The molecule has 6 heteroatoms. The number of carbonyl (C=O) groups excluding carboxylic acids is 1. The molecule has 0 atom stereocenters. The quantitative estimate of drug-likeness (QED) is 0.813. The van der Waals surface area contributed by atoms with Gasteiger partial charge in [0.15, 0.2) is 0 Å². The number of carbonyl (C=O) groups is 2. The standard InChI is InChI=1S/C15H17NO4S/c17-14(6-1-7-15(18)19)16(10-12-4-2-8-20-12)11-13-5-3-9-21-13/h2-5,8-9H,1,6-7,10-11H2,(H,18,19). The third-order valence-electron chi connectivity index (χ3n) is 2.99. The average Bonchev–Trinajstić information content (AvgIpc) is 3.10. The summed E-state index contributed by atoms with van der Waals surface area (Å²) in [5.41, 5.74) is 0. The summed E-state index contributed by atoms with van der Waals surface area (Å²) in [6.45, 7) is 0.918. The molecule has 2 heterocycles. The maximum Gasteiger partial charge on any atom is 0.303 e. The molecule has 0 spiro atoms. The van der Waals surface area contributed by atoms with E-state index >= 15 is 0 Å². The second-order valence-electron chi connectivity index (χ2n) is 4.66. The van der Waals surface area contributed by atoms with Crippen LogP contribution in [0.15, 0.2) is 40.3 Å². The Morgan fingerprint density at radius 1 is 1.19 bits per heavy atom. The highest BCUT2D eigenvalue weighted by molar-refractivity contribution is 7.09. The lowest BCUT2D eigenvalue weighted by atomic mass is 10.2. The van der Waals surface area contributed by atoms with Crippen LogP contribution in [0, 0.1) is 0 Å². The van der Waals surface area contributed by atoms with Crippen LogP contribution in [-0.2, 0) is 22.7 Å². The second kappa shape index (κ2) is 7.64. The lowest BCUT2D eigenvalue weighted by Crippen LogP contribution is -2.29. The molecule has 0 aliphatic rings. The molecular weight excluding hydrogens is 290 g/mol. The minimum atomic E-state index is -0.876. The van der Waals surface area contributed by atoms with Crippen LogP contribution in [0.1, 0.15) is 29.9 Å². The predicted octanol–water partition coefficient (Wildman–Crippen LogP) is 3.12. The highest BCUT2D eigenvalue weighted by Gasteiger charge is 2.16. The van der Waals surface area contributed by atoms with Crippen molar-refractivity contribution in [1.29, 1.82) is 0 Å². The Balaban J connectivity index is 1.96. The zero-order valence-electron chi connectivity index (χ0n) is 11.5. The maximum atomic E-state index is 12.3. The van der Waals surface area contributed by atoms with Crippen molar-refractivity contribution in [3.05, 3.63) is 46.5 Å². The van der Waals surface area contributed by atoms with Gasteiger partial charge in [-0.15, -0.1) is 11.3 Å². The molecule has 2 rings (SSSR count). The van der Waals surface area contributed by atoms with E-state index < -0.39 is 5.97 Å². The molecule has 5 nitrogen and oxygen atoms in total. The van der Waals surface area contributed by atoms with Gasteiger partial charge in [0.25, 0.3) is 0 Å². The van der Waals surface area contributed by atoms with Crippen molar-refractivity contribution >= 4 is 23.2 Å². The van der Waals surface area contributed by atoms with Crippen molar-refractivity contribution in [2.75, 3.05) is 0 Å². The second-order valence-corrected chi connectivity index (χ2v) is 5.69. The number of rotatable bonds is 8. The van der Waals surface area contributed by atoms with Gasteiger partial charge in [-0.2, -0.15) is 0 Å². The minimum Gasteiger partial charge on any atom is -0.481 e. The van der Waals surface area contributed by atoms with Crippen molar-refractivity contribution < 1.29 is 19.1 Å². The molecule has 2 aromatic heterocycles. The molecule has 21 heavy (non-hydrogen) atoms. The van der Waals surface area contributed by atoms with Crippen LogP contribution in [-0.4, -0.2) is 21.9 Å². The molecule has 2 aromatic rings. The highest BCUT2D eigenvalue weighted by atomic mass is 32.1. The summed E-state index contributed by atoms with van der Waals surface area (Å²) in [7, 11) is 0. The van der Waals surface area contributed by atoms with Gasteiger partial charge in [0, 0.05) is 17.7 Å². The van der Waals surface area contributed by atoms with Gasteiger partial charge in [-0.05, 0) is 30.0 Å². The first-order chi connectivity index (χ1) is 10.1. The number of furan rings is 1. The fourth-order valence-corrected chi connectivity index (χ4v) is 2.68. The molecule has 0 saturated heterocycles. The molecule has 0 aliphatic carbocycles. The van der Waals surface area contributed by atoms with E-state index in [1.165, 1.54) is 0 Å². The van der Waals surface area contributed by atoms with Crippen molar-refractivity contribution in [1.82, 2.24) is 4.90 Å². The van der Waals surface area contributed by atoms with Gasteiger partial charge in [-0.25, -0.2) is 0 Å². The summed E-state index contributed by atoms with van der Waals surface area (Å²) < 4.78 is 5.29. The van der Waals surface area contributed by atoms with Gasteiger partial charge < -0.3 is 14.4 Å². The normalized spacial score (nSPS) is 10.5. The van der Waals surface area contributed by atoms with Crippen molar-refractivity contribution in [2.45, 2.75) is 32.4 Å². The molecule has 0 saturated carbocycles. The molecule has 1 N–H and O–H groups in total. The molecule has 0 unspecified atom stereocenters. The van der Waals surface area contributed by atoms with E-state index in [2.05, 4.69) is 0 Å². The molecule has 1 amide bonds. The van der Waals surface area contributed by atoms with Gasteiger partial charge in [-0.3, -0.25) is 9.59 Å². The van der Waals surface area contributed by atoms with Crippen LogP contribution >= 0.6 is 11.3 Å². The van der Waals surface area contributed by atoms with Gasteiger partial charge in [-0.1, -0.05) is 6.07 Å². The summed E-state index contributed by atoms with van der Waals surface area (Å²) in [6, 6.07) is 7.53. The van der Waals surface area contributed by atoms with Crippen molar-refractivity contribution in [3.63, 3.8) is 0 Å². The number of hydrogen-bond donors (Lipinski definition) is 1. The van der Waals surface area contributed by atoms with E-state index in [9.17, 15) is 9.59 Å². The first-order valence-corrected chi connectivity index (χ1v) is 7.57. The number of hydrogen-bond acceptors (Lipinski definition) is 4. The van der Waals surface area contributed by atoms with Crippen molar-refractivity contribution in [3.8, 4) is 0 Å². The molecule has 0 bridgehead atoms. The number of thiophene rings is 1. The van der Waals surface area contributed by atoms with Gasteiger partial charge in [0.2, 0.25) is 5.91 Å². The summed E-state index contributed by atoms with van der Waals surface area (Å²) in [4.78, 5) is 25.6. The topological polar surface area (TPSA) is 70.8 Å². The summed E-state index contributed by atoms with van der Waals surface area (Å²) in [5, 5.41) is 10.6. The lowest BCUT2D eigenvalue weighted by molar-refractivity contribution is -0.137. The predicted molar refractivity (Wildman–Crippen MR) is 78.8 cm³/mol. The van der Waals surface area contributed by atoms with Crippen LogP contribution in [0.25, 0.3) is 0 Å². The largest absolute Gasteiger partial charge is 0.481 e. The summed E-state index contributed by atoms with van der Waals surface area (Å²) >= 11 is 1.59. The number of nitrogens with zero attached hydrogens (tertiary/aromatic N) is 1. The van der Waals surface area contributed by atoms with Crippen LogP contribution < -0.4 is 0 Å². The van der Waals surface area contributed by atoms with E-state index in [0.29, 0.717) is 19.5 Å². The minimum absolute atomic E-state index is 0.0132. The Morgan fingerprint density at radius 3 is 2.67 bits per heavy atom. The Labute approximate surface area is 126 Å². The summed E-state index contributed by atoms with van der Waals surface area (Å²) in [6.07, 6.45) is 2.18. The fourth-order valence-electron chi connectivity index (χ4n) is 1.96.